The molecular weight excluding hydrogens is 329 g/mol. The lowest BCUT2D eigenvalue weighted by Gasteiger charge is -2.55. The number of halogens is 3. The van der Waals surface area contributed by atoms with Crippen LogP contribution in [0.25, 0.3) is 0 Å². The summed E-state index contributed by atoms with van der Waals surface area (Å²) in [5.41, 5.74) is 7.28. The predicted octanol–water partition coefficient (Wildman–Crippen LogP) is 4.25. The minimum Gasteiger partial charge on any atom is -0.389 e. The molecule has 0 bridgehead atoms. The first-order valence-electron chi connectivity index (χ1n) is 7.43. The molecule has 0 amide bonds. The molecule has 2 aliphatic rings. The number of hydrogen-bond acceptors (Lipinski definition) is 2. The zero-order valence-electron chi connectivity index (χ0n) is 12.0. The van der Waals surface area contributed by atoms with Gasteiger partial charge >= 0.3 is 0 Å². The van der Waals surface area contributed by atoms with Crippen LogP contribution in [0.5, 0.6) is 0 Å². The third-order valence-electron chi connectivity index (χ3n) is 5.37. The van der Waals surface area contributed by atoms with Crippen molar-refractivity contribution in [3.63, 3.8) is 0 Å². The summed E-state index contributed by atoms with van der Waals surface area (Å²) in [5, 5.41) is 12.6. The number of fused-ring (bicyclic) bond motifs is 3. The van der Waals surface area contributed by atoms with Crippen LogP contribution in [0.3, 0.4) is 0 Å². The van der Waals surface area contributed by atoms with E-state index < -0.39 is 5.60 Å². The molecule has 0 spiro atoms. The number of aliphatic hydroxyl groups is 1. The van der Waals surface area contributed by atoms with Crippen molar-refractivity contribution in [1.82, 2.24) is 0 Å². The Morgan fingerprint density at radius 1 is 1.14 bits per heavy atom. The van der Waals surface area contributed by atoms with Crippen LogP contribution in [-0.2, 0) is 11.8 Å². The normalized spacial score (nSPS) is 31.0. The van der Waals surface area contributed by atoms with Crippen molar-refractivity contribution in [2.45, 2.75) is 56.0 Å². The number of hydrogen-bond donors (Lipinski definition) is 2. The van der Waals surface area contributed by atoms with Gasteiger partial charge in [0.2, 0.25) is 0 Å². The lowest BCUT2D eigenvalue weighted by atomic mass is 9.53. The Balaban J connectivity index is 0.00000161. The SMILES string of the molecule is Cl.NCCC12CCCCC1(O)CCc1c(Cl)cc(Cl)cc12. The Hall–Kier alpha value is 0.01000. The van der Waals surface area contributed by atoms with Gasteiger partial charge in [-0.3, -0.25) is 0 Å². The molecule has 3 rings (SSSR count). The van der Waals surface area contributed by atoms with Gasteiger partial charge in [-0.1, -0.05) is 36.0 Å². The van der Waals surface area contributed by atoms with Crippen molar-refractivity contribution in [3.8, 4) is 0 Å². The molecule has 1 fully saturated rings. The molecule has 21 heavy (non-hydrogen) atoms. The van der Waals surface area contributed by atoms with E-state index >= 15 is 0 Å². The molecule has 5 heteroatoms. The van der Waals surface area contributed by atoms with Crippen molar-refractivity contribution in [3.05, 3.63) is 33.3 Å². The van der Waals surface area contributed by atoms with Gasteiger partial charge in [-0.15, -0.1) is 12.4 Å². The largest absolute Gasteiger partial charge is 0.389 e. The fourth-order valence-electron chi connectivity index (χ4n) is 4.42. The summed E-state index contributed by atoms with van der Waals surface area (Å²) in [4.78, 5) is 0. The Kier molecular flexibility index (Phi) is 5.17. The van der Waals surface area contributed by atoms with Gasteiger partial charge in [0.05, 0.1) is 5.60 Å². The second kappa shape index (κ2) is 6.25. The summed E-state index contributed by atoms with van der Waals surface area (Å²) >= 11 is 12.6. The van der Waals surface area contributed by atoms with E-state index in [-0.39, 0.29) is 17.8 Å². The molecule has 2 aliphatic carbocycles. The van der Waals surface area contributed by atoms with Gasteiger partial charge in [-0.05, 0) is 61.9 Å². The van der Waals surface area contributed by atoms with Crippen molar-refractivity contribution in [2.75, 3.05) is 6.54 Å². The fourth-order valence-corrected chi connectivity index (χ4v) is 5.01. The molecular formula is C16H22Cl3NO. The van der Waals surface area contributed by atoms with E-state index in [1.165, 1.54) is 0 Å². The highest BCUT2D eigenvalue weighted by atomic mass is 35.5. The first kappa shape index (κ1) is 17.4. The summed E-state index contributed by atoms with van der Waals surface area (Å²) in [6.45, 7) is 0.575. The molecule has 2 atom stereocenters. The van der Waals surface area contributed by atoms with Gasteiger partial charge in [0, 0.05) is 15.5 Å². The van der Waals surface area contributed by atoms with Crippen LogP contribution in [0.15, 0.2) is 12.1 Å². The van der Waals surface area contributed by atoms with Gasteiger partial charge in [0.15, 0.2) is 0 Å². The van der Waals surface area contributed by atoms with Crippen LogP contribution in [0, 0.1) is 0 Å². The minimum absolute atomic E-state index is 0. The summed E-state index contributed by atoms with van der Waals surface area (Å²) in [6.07, 6.45) is 6.46. The maximum atomic E-state index is 11.3. The lowest BCUT2D eigenvalue weighted by Crippen LogP contribution is -2.57. The molecule has 1 aromatic carbocycles. The van der Waals surface area contributed by atoms with E-state index in [2.05, 4.69) is 0 Å². The van der Waals surface area contributed by atoms with Crippen LogP contribution < -0.4 is 5.73 Å². The third kappa shape index (κ3) is 2.60. The zero-order chi connectivity index (χ0) is 14.4. The van der Waals surface area contributed by atoms with E-state index in [0.29, 0.717) is 11.6 Å². The molecule has 3 N–H and O–H groups in total. The first-order valence-corrected chi connectivity index (χ1v) is 8.19. The monoisotopic (exact) mass is 349 g/mol. The average Bonchev–Trinajstić information content (AvgIpc) is 2.39. The quantitative estimate of drug-likeness (QED) is 0.837. The summed E-state index contributed by atoms with van der Waals surface area (Å²) in [6, 6.07) is 3.82. The molecule has 0 saturated heterocycles. The molecule has 2 nitrogen and oxygen atoms in total. The maximum absolute atomic E-state index is 11.3. The number of rotatable bonds is 2. The Bertz CT molecular complexity index is 532. The molecule has 118 valence electrons. The van der Waals surface area contributed by atoms with E-state index in [1.54, 1.807) is 0 Å². The van der Waals surface area contributed by atoms with Gasteiger partial charge in [0.25, 0.3) is 0 Å². The van der Waals surface area contributed by atoms with Gasteiger partial charge in [-0.25, -0.2) is 0 Å². The van der Waals surface area contributed by atoms with Gasteiger partial charge in [0.1, 0.15) is 0 Å². The molecule has 0 aliphatic heterocycles. The highest BCUT2D eigenvalue weighted by Gasteiger charge is 2.54. The molecule has 0 aromatic heterocycles. The summed E-state index contributed by atoms with van der Waals surface area (Å²) < 4.78 is 0. The molecule has 1 saturated carbocycles. The van der Waals surface area contributed by atoms with E-state index in [0.717, 1.165) is 61.1 Å². The predicted molar refractivity (Wildman–Crippen MR) is 90.8 cm³/mol. The molecule has 2 unspecified atom stereocenters. The third-order valence-corrected chi connectivity index (χ3v) is 5.93. The van der Waals surface area contributed by atoms with Crippen molar-refractivity contribution in [1.29, 1.82) is 0 Å². The minimum atomic E-state index is -0.647. The van der Waals surface area contributed by atoms with Crippen LogP contribution in [-0.4, -0.2) is 17.3 Å². The first-order chi connectivity index (χ1) is 9.52. The second-order valence-electron chi connectivity index (χ2n) is 6.27. The van der Waals surface area contributed by atoms with Crippen LogP contribution in [0.4, 0.5) is 0 Å². The highest BCUT2D eigenvalue weighted by molar-refractivity contribution is 6.35. The standard InChI is InChI=1S/C16H21Cl2NO.ClH/c17-11-9-13-12(14(18)10-11)3-6-16(20)5-2-1-4-15(13,16)7-8-19;/h9-10,20H,1-8,19H2;1H. The van der Waals surface area contributed by atoms with Crippen LogP contribution in [0.2, 0.25) is 10.0 Å². The topological polar surface area (TPSA) is 46.2 Å². The maximum Gasteiger partial charge on any atom is 0.0747 e. The Labute approximate surface area is 142 Å². The smallest absolute Gasteiger partial charge is 0.0747 e. The van der Waals surface area contributed by atoms with Crippen molar-refractivity contribution in [2.24, 2.45) is 5.73 Å². The second-order valence-corrected chi connectivity index (χ2v) is 7.12. The van der Waals surface area contributed by atoms with E-state index in [4.69, 9.17) is 28.9 Å². The van der Waals surface area contributed by atoms with Crippen LogP contribution >= 0.6 is 35.6 Å². The van der Waals surface area contributed by atoms with Gasteiger partial charge in [-0.2, -0.15) is 0 Å². The lowest BCUT2D eigenvalue weighted by molar-refractivity contribution is -0.0861. The molecule has 0 heterocycles. The van der Waals surface area contributed by atoms with E-state index in [1.807, 2.05) is 12.1 Å². The summed E-state index contributed by atoms with van der Waals surface area (Å²) in [7, 11) is 0. The Morgan fingerprint density at radius 3 is 2.57 bits per heavy atom. The zero-order valence-corrected chi connectivity index (χ0v) is 14.3. The van der Waals surface area contributed by atoms with Gasteiger partial charge < -0.3 is 10.8 Å². The van der Waals surface area contributed by atoms with Crippen LogP contribution in [0.1, 0.15) is 49.7 Å². The fraction of sp³-hybridized carbons (Fsp3) is 0.625. The molecule has 0 radical (unpaired) electrons. The van der Waals surface area contributed by atoms with E-state index in [9.17, 15) is 5.11 Å². The van der Waals surface area contributed by atoms with Crippen molar-refractivity contribution >= 4 is 35.6 Å². The highest BCUT2D eigenvalue weighted by Crippen LogP contribution is 2.55. The average molecular weight is 351 g/mol. The molecule has 1 aromatic rings. The Morgan fingerprint density at radius 2 is 1.86 bits per heavy atom. The number of benzene rings is 1. The van der Waals surface area contributed by atoms with Crippen molar-refractivity contribution < 1.29 is 5.11 Å². The number of nitrogens with two attached hydrogens (primary N) is 1. The summed E-state index contributed by atoms with van der Waals surface area (Å²) in [5.74, 6) is 0.